The third-order valence-corrected chi connectivity index (χ3v) is 4.82. The summed E-state index contributed by atoms with van der Waals surface area (Å²) in [6.45, 7) is 5.04. The van der Waals surface area contributed by atoms with Crippen molar-refractivity contribution in [3.05, 3.63) is 71.4 Å². The summed E-state index contributed by atoms with van der Waals surface area (Å²) in [6.07, 6.45) is 1.40. The van der Waals surface area contributed by atoms with Crippen LogP contribution in [0.15, 0.2) is 54.6 Å². The molecule has 0 amide bonds. The summed E-state index contributed by atoms with van der Waals surface area (Å²) in [5, 5.41) is 13.8. The molecule has 0 aliphatic carbocycles. The number of benzene rings is 2. The quantitative estimate of drug-likeness (QED) is 0.423. The molecule has 0 unspecified atom stereocenters. The SMILES string of the molecule is COc1cccc(CC(=O)O)c1OCCCc1cc(OC(C)C)nn1Cc1ccccc1. The molecule has 0 bridgehead atoms. The Morgan fingerprint density at radius 1 is 1.12 bits per heavy atom. The van der Waals surface area contributed by atoms with Crippen LogP contribution >= 0.6 is 0 Å². The highest BCUT2D eigenvalue weighted by Crippen LogP contribution is 2.31. The third-order valence-electron chi connectivity index (χ3n) is 4.82. The second-order valence-corrected chi connectivity index (χ2v) is 7.75. The van der Waals surface area contributed by atoms with Crippen LogP contribution in [0.5, 0.6) is 17.4 Å². The molecule has 170 valence electrons. The summed E-state index contributed by atoms with van der Waals surface area (Å²) in [4.78, 5) is 11.2. The summed E-state index contributed by atoms with van der Waals surface area (Å²) in [6, 6.07) is 17.4. The first kappa shape index (κ1) is 23.2. The molecule has 0 aliphatic rings. The lowest BCUT2D eigenvalue weighted by atomic mass is 10.1. The van der Waals surface area contributed by atoms with Gasteiger partial charge in [-0.05, 0) is 38.3 Å². The van der Waals surface area contributed by atoms with Crippen molar-refractivity contribution in [1.82, 2.24) is 9.78 Å². The fourth-order valence-corrected chi connectivity index (χ4v) is 3.44. The largest absolute Gasteiger partial charge is 0.493 e. The number of aliphatic carboxylic acids is 1. The molecule has 0 saturated carbocycles. The Balaban J connectivity index is 1.68. The number of nitrogens with zero attached hydrogens (tertiary/aromatic N) is 2. The number of aromatic nitrogens is 2. The van der Waals surface area contributed by atoms with Gasteiger partial charge in [0, 0.05) is 17.3 Å². The van der Waals surface area contributed by atoms with Crippen LogP contribution in [0.2, 0.25) is 0 Å². The normalized spacial score (nSPS) is 10.9. The molecule has 32 heavy (non-hydrogen) atoms. The summed E-state index contributed by atoms with van der Waals surface area (Å²) in [5.74, 6) is 0.718. The molecule has 0 radical (unpaired) electrons. The zero-order valence-corrected chi connectivity index (χ0v) is 18.8. The Labute approximate surface area is 188 Å². The number of hydrogen-bond donors (Lipinski definition) is 1. The van der Waals surface area contributed by atoms with Crippen LogP contribution in [0.3, 0.4) is 0 Å². The molecule has 0 spiro atoms. The van der Waals surface area contributed by atoms with Gasteiger partial charge in [-0.15, -0.1) is 5.10 Å². The van der Waals surface area contributed by atoms with E-state index in [-0.39, 0.29) is 12.5 Å². The maximum absolute atomic E-state index is 11.2. The minimum Gasteiger partial charge on any atom is -0.493 e. The number of carboxylic acid groups (broad SMARTS) is 1. The molecule has 0 saturated heterocycles. The van der Waals surface area contributed by atoms with Gasteiger partial charge in [-0.3, -0.25) is 9.48 Å². The zero-order valence-electron chi connectivity index (χ0n) is 18.8. The van der Waals surface area contributed by atoms with Gasteiger partial charge in [0.2, 0.25) is 5.88 Å². The summed E-state index contributed by atoms with van der Waals surface area (Å²) >= 11 is 0. The van der Waals surface area contributed by atoms with Gasteiger partial charge in [0.25, 0.3) is 0 Å². The second kappa shape index (κ2) is 11.2. The third kappa shape index (κ3) is 6.51. The number of methoxy groups -OCH3 is 1. The number of aryl methyl sites for hydroxylation is 1. The zero-order chi connectivity index (χ0) is 22.9. The molecule has 0 fully saturated rings. The topological polar surface area (TPSA) is 82.8 Å². The Bertz CT molecular complexity index is 1010. The first-order chi connectivity index (χ1) is 15.5. The van der Waals surface area contributed by atoms with E-state index in [0.717, 1.165) is 24.1 Å². The lowest BCUT2D eigenvalue weighted by molar-refractivity contribution is -0.136. The molecule has 1 N–H and O–H groups in total. The minimum atomic E-state index is -0.911. The summed E-state index contributed by atoms with van der Waals surface area (Å²) in [5.41, 5.74) is 2.81. The van der Waals surface area contributed by atoms with E-state index in [1.807, 2.05) is 42.8 Å². The van der Waals surface area contributed by atoms with Crippen LogP contribution in [0.25, 0.3) is 0 Å². The highest BCUT2D eigenvalue weighted by Gasteiger charge is 2.14. The maximum atomic E-state index is 11.2. The average Bonchev–Trinajstić information content (AvgIpc) is 3.12. The summed E-state index contributed by atoms with van der Waals surface area (Å²) < 4.78 is 19.1. The smallest absolute Gasteiger partial charge is 0.307 e. The second-order valence-electron chi connectivity index (χ2n) is 7.75. The molecule has 1 heterocycles. The Morgan fingerprint density at radius 3 is 2.59 bits per heavy atom. The lowest BCUT2D eigenvalue weighted by Crippen LogP contribution is -2.10. The Kier molecular flexibility index (Phi) is 8.14. The fraction of sp³-hybridized carbons (Fsp3) is 0.360. The van der Waals surface area contributed by atoms with E-state index in [1.165, 1.54) is 0 Å². The van der Waals surface area contributed by atoms with Gasteiger partial charge in [0.05, 0.1) is 32.8 Å². The molecule has 3 rings (SSSR count). The lowest BCUT2D eigenvalue weighted by Gasteiger charge is -2.14. The van der Waals surface area contributed by atoms with Crippen molar-refractivity contribution < 1.29 is 24.1 Å². The fourth-order valence-electron chi connectivity index (χ4n) is 3.44. The van der Waals surface area contributed by atoms with Crippen molar-refractivity contribution >= 4 is 5.97 Å². The van der Waals surface area contributed by atoms with Gasteiger partial charge in [-0.25, -0.2) is 0 Å². The van der Waals surface area contributed by atoms with Gasteiger partial charge < -0.3 is 19.3 Å². The molecule has 7 nitrogen and oxygen atoms in total. The highest BCUT2D eigenvalue weighted by atomic mass is 16.5. The van der Waals surface area contributed by atoms with E-state index in [4.69, 9.17) is 14.2 Å². The average molecular weight is 439 g/mol. The van der Waals surface area contributed by atoms with E-state index in [9.17, 15) is 9.90 Å². The van der Waals surface area contributed by atoms with E-state index in [0.29, 0.717) is 36.1 Å². The van der Waals surface area contributed by atoms with Gasteiger partial charge in [0.15, 0.2) is 11.5 Å². The summed E-state index contributed by atoms with van der Waals surface area (Å²) in [7, 11) is 1.55. The van der Waals surface area contributed by atoms with E-state index < -0.39 is 5.97 Å². The van der Waals surface area contributed by atoms with Crippen LogP contribution in [0, 0.1) is 0 Å². The van der Waals surface area contributed by atoms with Gasteiger partial charge >= 0.3 is 5.97 Å². The molecule has 0 aliphatic heterocycles. The predicted octanol–water partition coefficient (Wildman–Crippen LogP) is 4.37. The van der Waals surface area contributed by atoms with E-state index >= 15 is 0 Å². The molecule has 1 aromatic heterocycles. The van der Waals surface area contributed by atoms with Gasteiger partial charge in [-0.2, -0.15) is 0 Å². The molecule has 2 aromatic carbocycles. The standard InChI is InChI=1S/C25H30N2O5/c1-18(2)32-23-16-21(27(26-23)17-19-9-5-4-6-10-19)12-8-14-31-25-20(15-24(28)29)11-7-13-22(25)30-3/h4-7,9-11,13,16,18H,8,12,14-15,17H2,1-3H3,(H,28,29). The van der Waals surface area contributed by atoms with Crippen molar-refractivity contribution in [3.63, 3.8) is 0 Å². The van der Waals surface area contributed by atoms with E-state index in [2.05, 4.69) is 17.2 Å². The Hall–Kier alpha value is -3.48. The van der Waals surface area contributed by atoms with Crippen LogP contribution in [-0.4, -0.2) is 40.7 Å². The molecule has 0 atom stereocenters. The van der Waals surface area contributed by atoms with Crippen molar-refractivity contribution in [2.75, 3.05) is 13.7 Å². The monoisotopic (exact) mass is 438 g/mol. The van der Waals surface area contributed by atoms with E-state index in [1.54, 1.807) is 25.3 Å². The van der Waals surface area contributed by atoms with Crippen LogP contribution in [0.4, 0.5) is 0 Å². The number of carbonyl (C=O) groups is 1. The number of para-hydroxylation sites is 1. The maximum Gasteiger partial charge on any atom is 0.307 e. The van der Waals surface area contributed by atoms with Crippen LogP contribution < -0.4 is 14.2 Å². The van der Waals surface area contributed by atoms with Crippen molar-refractivity contribution in [2.24, 2.45) is 0 Å². The highest BCUT2D eigenvalue weighted by molar-refractivity contribution is 5.72. The number of rotatable bonds is 12. The predicted molar refractivity (Wildman–Crippen MR) is 122 cm³/mol. The molecule has 7 heteroatoms. The van der Waals surface area contributed by atoms with Gasteiger partial charge in [-0.1, -0.05) is 42.5 Å². The minimum absolute atomic E-state index is 0.0458. The van der Waals surface area contributed by atoms with Crippen molar-refractivity contribution in [3.8, 4) is 17.4 Å². The first-order valence-electron chi connectivity index (χ1n) is 10.7. The number of hydrogen-bond acceptors (Lipinski definition) is 5. The molecule has 3 aromatic rings. The van der Waals surface area contributed by atoms with Crippen LogP contribution in [-0.2, 0) is 24.2 Å². The van der Waals surface area contributed by atoms with Crippen molar-refractivity contribution in [1.29, 1.82) is 0 Å². The van der Waals surface area contributed by atoms with Crippen molar-refractivity contribution in [2.45, 2.75) is 45.8 Å². The molecular formula is C25H30N2O5. The van der Waals surface area contributed by atoms with Crippen LogP contribution in [0.1, 0.15) is 37.1 Å². The number of carboxylic acids is 1. The van der Waals surface area contributed by atoms with Gasteiger partial charge in [0.1, 0.15) is 0 Å². The molecular weight excluding hydrogens is 408 g/mol. The Morgan fingerprint density at radius 2 is 1.91 bits per heavy atom. The first-order valence-corrected chi connectivity index (χ1v) is 10.7. The number of ether oxygens (including phenoxy) is 3.